The summed E-state index contributed by atoms with van der Waals surface area (Å²) < 4.78 is 16.6. The smallest absolute Gasteiger partial charge is 0.237 e. The molecule has 2 heterocycles. The second-order valence-electron chi connectivity index (χ2n) is 8.38. The third-order valence-corrected chi connectivity index (χ3v) is 7.08. The van der Waals surface area contributed by atoms with Crippen molar-refractivity contribution in [1.82, 2.24) is 9.80 Å². The molecular weight excluding hydrogens is 428 g/mol. The number of aliphatic hydroxyl groups excluding tert-OH is 1. The fraction of sp³-hybridized carbons (Fsp3) is 0.542. The van der Waals surface area contributed by atoms with E-state index in [2.05, 4.69) is 16.3 Å². The Morgan fingerprint density at radius 2 is 2.03 bits per heavy atom. The predicted molar refractivity (Wildman–Crippen MR) is 123 cm³/mol. The van der Waals surface area contributed by atoms with Gasteiger partial charge in [-0.05, 0) is 48.4 Å². The van der Waals surface area contributed by atoms with Crippen LogP contribution in [-0.2, 0) is 16.0 Å². The van der Waals surface area contributed by atoms with Gasteiger partial charge in [-0.15, -0.1) is 11.3 Å². The highest BCUT2D eigenvalue weighted by atomic mass is 32.1. The number of methoxy groups -OCH3 is 2. The van der Waals surface area contributed by atoms with Crippen LogP contribution in [0.4, 0.5) is 0 Å². The van der Waals surface area contributed by atoms with Gasteiger partial charge in [0.1, 0.15) is 6.61 Å². The standard InChI is InChI=1S/C24H32N2O5S/c1-29-15-18(27)13-25(17-7-8-17)14-24(28)26-11-9-23-19(10-12-32-23)20(26)16-31-22-6-4-3-5-21(22)30-2/h3-6,10,12,17-18,20,27H,7-9,11,13-16H2,1-2H3/t18-,20+/m1/s1. The van der Waals surface area contributed by atoms with Crippen molar-refractivity contribution in [2.45, 2.75) is 37.5 Å². The Balaban J connectivity index is 1.47. The van der Waals surface area contributed by atoms with Gasteiger partial charge >= 0.3 is 0 Å². The molecule has 1 aliphatic carbocycles. The summed E-state index contributed by atoms with van der Waals surface area (Å²) in [6.07, 6.45) is 2.41. The molecule has 1 aromatic carbocycles. The second kappa shape index (κ2) is 10.7. The molecule has 0 bridgehead atoms. The van der Waals surface area contributed by atoms with E-state index in [0.717, 1.165) is 19.3 Å². The third kappa shape index (κ3) is 5.43. The molecule has 4 rings (SSSR count). The fourth-order valence-corrected chi connectivity index (χ4v) is 5.27. The maximum Gasteiger partial charge on any atom is 0.237 e. The molecule has 0 spiro atoms. The van der Waals surface area contributed by atoms with Crippen molar-refractivity contribution >= 4 is 17.2 Å². The Hall–Kier alpha value is -2.13. The van der Waals surface area contributed by atoms with Gasteiger partial charge in [0.05, 0.1) is 32.4 Å². The Kier molecular flexibility index (Phi) is 7.67. The lowest BCUT2D eigenvalue weighted by Gasteiger charge is -2.37. The van der Waals surface area contributed by atoms with E-state index >= 15 is 0 Å². The summed E-state index contributed by atoms with van der Waals surface area (Å²) in [5.41, 5.74) is 1.17. The first-order valence-electron chi connectivity index (χ1n) is 11.1. The van der Waals surface area contributed by atoms with Crippen molar-refractivity contribution in [2.75, 3.05) is 47.1 Å². The number of nitrogens with zero attached hydrogens (tertiary/aromatic N) is 2. The van der Waals surface area contributed by atoms with Crippen LogP contribution in [0.5, 0.6) is 11.5 Å². The third-order valence-electron chi connectivity index (χ3n) is 6.09. The zero-order valence-corrected chi connectivity index (χ0v) is 19.6. The van der Waals surface area contributed by atoms with E-state index in [9.17, 15) is 9.90 Å². The van der Waals surface area contributed by atoms with Gasteiger partial charge in [-0.25, -0.2) is 0 Å². The van der Waals surface area contributed by atoms with Gasteiger partial charge in [-0.3, -0.25) is 9.69 Å². The van der Waals surface area contributed by atoms with Gasteiger partial charge < -0.3 is 24.2 Å². The molecular formula is C24H32N2O5S. The number of carbonyl (C=O) groups is 1. The lowest BCUT2D eigenvalue weighted by molar-refractivity contribution is -0.136. The molecule has 32 heavy (non-hydrogen) atoms. The molecule has 1 aliphatic heterocycles. The number of amides is 1. The maximum atomic E-state index is 13.5. The summed E-state index contributed by atoms with van der Waals surface area (Å²) in [6, 6.07) is 9.90. The Bertz CT molecular complexity index is 900. The molecule has 0 radical (unpaired) electrons. The molecule has 2 atom stereocenters. The predicted octanol–water partition coefficient (Wildman–Crippen LogP) is 2.73. The van der Waals surface area contributed by atoms with Crippen LogP contribution in [0, 0.1) is 0 Å². The van der Waals surface area contributed by atoms with E-state index in [4.69, 9.17) is 14.2 Å². The first kappa shape index (κ1) is 23.0. The monoisotopic (exact) mass is 460 g/mol. The van der Waals surface area contributed by atoms with E-state index in [1.807, 2.05) is 29.2 Å². The molecule has 174 valence electrons. The lowest BCUT2D eigenvalue weighted by atomic mass is 10.0. The molecule has 7 nitrogen and oxygen atoms in total. The summed E-state index contributed by atoms with van der Waals surface area (Å²) >= 11 is 1.74. The van der Waals surface area contributed by atoms with Gasteiger partial charge in [0.15, 0.2) is 11.5 Å². The van der Waals surface area contributed by atoms with Gasteiger partial charge in [-0.2, -0.15) is 0 Å². The number of hydrogen-bond acceptors (Lipinski definition) is 7. The van der Waals surface area contributed by atoms with Crippen molar-refractivity contribution in [2.24, 2.45) is 0 Å². The van der Waals surface area contributed by atoms with Crippen molar-refractivity contribution in [3.63, 3.8) is 0 Å². The van der Waals surface area contributed by atoms with E-state index in [-0.39, 0.29) is 18.6 Å². The number of ether oxygens (including phenoxy) is 3. The molecule has 0 saturated heterocycles. The number of thiophene rings is 1. The number of rotatable bonds is 11. The molecule has 0 unspecified atom stereocenters. The maximum absolute atomic E-state index is 13.5. The number of benzene rings is 1. The molecule has 1 amide bonds. The first-order chi connectivity index (χ1) is 15.6. The number of carbonyl (C=O) groups excluding carboxylic acids is 1. The summed E-state index contributed by atoms with van der Waals surface area (Å²) in [5, 5.41) is 12.3. The Morgan fingerprint density at radius 3 is 2.75 bits per heavy atom. The summed E-state index contributed by atoms with van der Waals surface area (Å²) in [7, 11) is 3.20. The molecule has 1 fully saturated rings. The van der Waals surface area contributed by atoms with E-state index < -0.39 is 6.10 Å². The zero-order chi connectivity index (χ0) is 22.5. The van der Waals surface area contributed by atoms with Crippen LogP contribution in [0.25, 0.3) is 0 Å². The summed E-state index contributed by atoms with van der Waals surface area (Å²) in [6.45, 7) is 2.06. The van der Waals surface area contributed by atoms with E-state index in [1.165, 1.54) is 10.4 Å². The van der Waals surface area contributed by atoms with Crippen molar-refractivity contribution < 1.29 is 24.1 Å². The summed E-state index contributed by atoms with van der Waals surface area (Å²) in [4.78, 5) is 18.8. The highest BCUT2D eigenvalue weighted by Gasteiger charge is 2.36. The molecule has 2 aliphatic rings. The van der Waals surface area contributed by atoms with Crippen LogP contribution >= 0.6 is 11.3 Å². The second-order valence-corrected chi connectivity index (χ2v) is 9.38. The molecule has 1 N–H and O–H groups in total. The number of hydrogen-bond donors (Lipinski definition) is 1. The highest BCUT2D eigenvalue weighted by Crippen LogP contribution is 2.36. The van der Waals surface area contributed by atoms with Gasteiger partial charge in [-0.1, -0.05) is 12.1 Å². The molecule has 1 aromatic heterocycles. The topological polar surface area (TPSA) is 71.5 Å². The van der Waals surface area contributed by atoms with Crippen molar-refractivity contribution in [3.8, 4) is 11.5 Å². The van der Waals surface area contributed by atoms with Crippen molar-refractivity contribution in [3.05, 3.63) is 46.2 Å². The van der Waals surface area contributed by atoms with Crippen LogP contribution < -0.4 is 9.47 Å². The van der Waals surface area contributed by atoms with Gasteiger partial charge in [0, 0.05) is 31.1 Å². The largest absolute Gasteiger partial charge is 0.493 e. The minimum atomic E-state index is -0.595. The minimum Gasteiger partial charge on any atom is -0.493 e. The van der Waals surface area contributed by atoms with Gasteiger partial charge in [0.25, 0.3) is 0 Å². The number of para-hydroxylation sites is 2. The van der Waals surface area contributed by atoms with Crippen LogP contribution in [0.2, 0.25) is 0 Å². The average Bonchev–Trinajstić information content (AvgIpc) is 3.54. The van der Waals surface area contributed by atoms with Crippen molar-refractivity contribution in [1.29, 1.82) is 0 Å². The average molecular weight is 461 g/mol. The number of aliphatic hydroxyl groups is 1. The number of fused-ring (bicyclic) bond motifs is 1. The zero-order valence-electron chi connectivity index (χ0n) is 18.7. The normalized spacial score (nSPS) is 19.0. The highest BCUT2D eigenvalue weighted by molar-refractivity contribution is 7.10. The van der Waals surface area contributed by atoms with Gasteiger partial charge in [0.2, 0.25) is 5.91 Å². The quantitative estimate of drug-likeness (QED) is 0.556. The minimum absolute atomic E-state index is 0.0759. The Labute approximate surface area is 193 Å². The SMILES string of the molecule is COC[C@H](O)CN(CC(=O)N1CCc2sccc2[C@@H]1COc1ccccc1OC)C1CC1. The summed E-state index contributed by atoms with van der Waals surface area (Å²) in [5.74, 6) is 1.43. The van der Waals surface area contributed by atoms with Crippen LogP contribution in [0.3, 0.4) is 0 Å². The van der Waals surface area contributed by atoms with Crippen LogP contribution in [-0.4, -0.2) is 80.0 Å². The Morgan fingerprint density at radius 1 is 1.25 bits per heavy atom. The fourth-order valence-electron chi connectivity index (χ4n) is 4.34. The van der Waals surface area contributed by atoms with E-state index in [1.54, 1.807) is 25.6 Å². The first-order valence-corrected chi connectivity index (χ1v) is 12.0. The van der Waals surface area contributed by atoms with Crippen LogP contribution in [0.1, 0.15) is 29.3 Å². The van der Waals surface area contributed by atoms with Crippen LogP contribution in [0.15, 0.2) is 35.7 Å². The van der Waals surface area contributed by atoms with E-state index in [0.29, 0.717) is 43.8 Å². The lowest BCUT2D eigenvalue weighted by Crippen LogP contribution is -2.48. The molecule has 8 heteroatoms. The molecule has 2 aromatic rings. The molecule has 1 saturated carbocycles.